The lowest BCUT2D eigenvalue weighted by Crippen LogP contribution is -2.29. The fraction of sp³-hybridized carbons (Fsp3) is 0.444. The molecule has 3 aromatic rings. The van der Waals surface area contributed by atoms with Crippen LogP contribution in [0.5, 0.6) is 0 Å². The van der Waals surface area contributed by atoms with E-state index in [4.69, 9.17) is 5.10 Å². The van der Waals surface area contributed by atoms with Gasteiger partial charge in [0.15, 0.2) is 11.4 Å². The summed E-state index contributed by atoms with van der Waals surface area (Å²) in [4.78, 5) is 17.3. The maximum absolute atomic E-state index is 12.7. The van der Waals surface area contributed by atoms with Crippen LogP contribution in [0.4, 0.5) is 5.69 Å². The summed E-state index contributed by atoms with van der Waals surface area (Å²) in [5, 5.41) is 21.9. The van der Waals surface area contributed by atoms with Gasteiger partial charge >= 0.3 is 0 Å². The van der Waals surface area contributed by atoms with Crippen LogP contribution in [0.1, 0.15) is 61.1 Å². The molecule has 0 amide bonds. The lowest BCUT2D eigenvalue weighted by atomic mass is 9.98. The van der Waals surface area contributed by atoms with Crippen LogP contribution in [0.3, 0.4) is 0 Å². The minimum absolute atomic E-state index is 0.237. The number of carbonyl (C=O) groups is 1. The monoisotopic (exact) mass is 459 g/mol. The van der Waals surface area contributed by atoms with Crippen LogP contribution in [-0.2, 0) is 0 Å². The first-order valence-electron chi connectivity index (χ1n) is 12.2. The largest absolute Gasteiger partial charge is 0.389 e. The van der Waals surface area contributed by atoms with E-state index in [1.165, 1.54) is 18.4 Å². The number of imidazole rings is 1. The van der Waals surface area contributed by atoms with Crippen molar-refractivity contribution in [3.05, 3.63) is 53.4 Å². The summed E-state index contributed by atoms with van der Waals surface area (Å²) in [6.45, 7) is 7.70. The number of carbonyl (C=O) groups excluding carboxylic acids is 1. The van der Waals surface area contributed by atoms with E-state index >= 15 is 0 Å². The van der Waals surface area contributed by atoms with Crippen LogP contribution in [0.2, 0.25) is 0 Å². The molecule has 7 nitrogen and oxygen atoms in total. The molecule has 2 aliphatic rings. The minimum atomic E-state index is -0.857. The number of nitrogens with zero attached hydrogens (tertiary/aromatic N) is 3. The fourth-order valence-electron chi connectivity index (χ4n) is 4.45. The quantitative estimate of drug-likeness (QED) is 0.436. The number of rotatable bonds is 8. The molecule has 1 aliphatic heterocycles. The molecule has 7 heteroatoms. The molecule has 0 bridgehead atoms. The van der Waals surface area contributed by atoms with Crippen molar-refractivity contribution in [2.24, 2.45) is 5.92 Å². The Morgan fingerprint density at radius 3 is 2.79 bits per heavy atom. The third-order valence-electron chi connectivity index (χ3n) is 6.57. The van der Waals surface area contributed by atoms with Crippen LogP contribution >= 0.6 is 0 Å². The van der Waals surface area contributed by atoms with Gasteiger partial charge in [-0.05, 0) is 75.8 Å². The molecular weight excluding hydrogens is 426 g/mol. The van der Waals surface area contributed by atoms with Gasteiger partial charge in [-0.25, -0.2) is 9.50 Å². The highest BCUT2D eigenvalue weighted by Crippen LogP contribution is 2.34. The number of aromatic nitrogens is 3. The van der Waals surface area contributed by atoms with Gasteiger partial charge in [0.25, 0.3) is 0 Å². The zero-order valence-corrected chi connectivity index (χ0v) is 20.2. The third kappa shape index (κ3) is 4.91. The van der Waals surface area contributed by atoms with Crippen LogP contribution < -0.4 is 10.6 Å². The van der Waals surface area contributed by atoms with E-state index < -0.39 is 5.60 Å². The van der Waals surface area contributed by atoms with E-state index in [9.17, 15) is 9.90 Å². The average Bonchev–Trinajstić information content (AvgIpc) is 3.52. The highest BCUT2D eigenvalue weighted by Gasteiger charge is 2.26. The summed E-state index contributed by atoms with van der Waals surface area (Å²) in [5.74, 6) is 0.813. The number of benzene rings is 1. The van der Waals surface area contributed by atoms with Crippen molar-refractivity contribution in [1.29, 1.82) is 0 Å². The van der Waals surface area contributed by atoms with E-state index in [0.717, 1.165) is 53.3 Å². The van der Waals surface area contributed by atoms with Crippen LogP contribution in [0.15, 0.2) is 36.5 Å². The van der Waals surface area contributed by atoms with Crippen LogP contribution in [0.25, 0.3) is 22.5 Å². The van der Waals surface area contributed by atoms with Gasteiger partial charge in [0, 0.05) is 30.6 Å². The first-order chi connectivity index (χ1) is 16.3. The van der Waals surface area contributed by atoms with Crippen molar-refractivity contribution < 1.29 is 9.90 Å². The van der Waals surface area contributed by atoms with Gasteiger partial charge in [-0.3, -0.25) is 4.79 Å². The molecule has 3 heterocycles. The molecular formula is C27H33N5O2. The third-order valence-corrected chi connectivity index (χ3v) is 6.57. The van der Waals surface area contributed by atoms with Gasteiger partial charge in [-0.2, -0.15) is 5.10 Å². The zero-order chi connectivity index (χ0) is 23.9. The second-order valence-corrected chi connectivity index (χ2v) is 10.3. The molecule has 3 N–H and O–H groups in total. The van der Waals surface area contributed by atoms with Crippen LogP contribution in [0, 0.1) is 12.8 Å². The summed E-state index contributed by atoms with van der Waals surface area (Å²) in [7, 11) is 0. The molecule has 0 atom stereocenters. The Hall–Kier alpha value is -3.03. The molecule has 0 unspecified atom stereocenters. The molecule has 0 radical (unpaired) electrons. The molecule has 0 spiro atoms. The van der Waals surface area contributed by atoms with E-state index in [-0.39, 0.29) is 5.78 Å². The predicted molar refractivity (Wildman–Crippen MR) is 135 cm³/mol. The number of aliphatic hydroxyl groups is 1. The molecule has 34 heavy (non-hydrogen) atoms. The lowest BCUT2D eigenvalue weighted by molar-refractivity contribution is 0.0944. The Morgan fingerprint density at radius 1 is 1.29 bits per heavy atom. The summed E-state index contributed by atoms with van der Waals surface area (Å²) in [5.41, 5.74) is 6.44. The molecule has 0 saturated heterocycles. The van der Waals surface area contributed by atoms with Gasteiger partial charge in [-0.1, -0.05) is 18.2 Å². The standard InChI is InChI=1S/C27H33N5O2/c1-17-12-20(6-7-21(17)25(33)13-18-4-5-18)24-15-29-26-23(30-16-27(2,3)34)14-22(31-32(24)26)19-8-10-28-11-9-19/h6-8,12,14-15,18,28,30,34H,4-5,9-11,13,16H2,1-3H3. The number of aryl methyl sites for hydroxylation is 1. The normalized spacial score (nSPS) is 16.5. The number of ketones is 1. The van der Waals surface area contributed by atoms with E-state index in [2.05, 4.69) is 27.8 Å². The minimum Gasteiger partial charge on any atom is -0.389 e. The molecule has 5 rings (SSSR count). The second kappa shape index (κ2) is 8.96. The first-order valence-corrected chi connectivity index (χ1v) is 12.2. The summed E-state index contributed by atoms with van der Waals surface area (Å²) in [6, 6.07) is 8.03. The Balaban J connectivity index is 1.55. The Labute approximate surface area is 200 Å². The van der Waals surface area contributed by atoms with Gasteiger partial charge in [0.2, 0.25) is 0 Å². The molecule has 1 aliphatic carbocycles. The Bertz CT molecular complexity index is 1260. The molecule has 2 aromatic heterocycles. The van der Waals surface area contributed by atoms with Crippen molar-refractivity contribution >= 4 is 22.7 Å². The van der Waals surface area contributed by atoms with Gasteiger partial charge < -0.3 is 15.7 Å². The van der Waals surface area contributed by atoms with Gasteiger partial charge in [0.05, 0.1) is 28.9 Å². The van der Waals surface area contributed by atoms with Gasteiger partial charge in [0.1, 0.15) is 0 Å². The highest BCUT2D eigenvalue weighted by atomic mass is 16.3. The summed E-state index contributed by atoms with van der Waals surface area (Å²) < 4.78 is 1.88. The number of hydrogen-bond donors (Lipinski definition) is 3. The van der Waals surface area contributed by atoms with Crippen LogP contribution in [-0.4, -0.2) is 50.7 Å². The van der Waals surface area contributed by atoms with Crippen molar-refractivity contribution in [2.45, 2.75) is 52.1 Å². The summed E-state index contributed by atoms with van der Waals surface area (Å²) in [6.07, 6.45) is 7.92. The van der Waals surface area contributed by atoms with Crippen molar-refractivity contribution in [2.75, 3.05) is 25.0 Å². The number of nitrogens with one attached hydrogen (secondary N) is 2. The molecule has 1 saturated carbocycles. The van der Waals surface area contributed by atoms with E-state index in [1.807, 2.05) is 35.8 Å². The number of fused-ring (bicyclic) bond motifs is 1. The number of anilines is 1. The SMILES string of the molecule is Cc1cc(-c2cnc3c(NCC(C)(C)O)cc(C4=CCNCC4)nn23)ccc1C(=O)CC1CC1. The molecule has 1 fully saturated rings. The second-order valence-electron chi connectivity index (χ2n) is 10.3. The Kier molecular flexibility index (Phi) is 6.00. The average molecular weight is 460 g/mol. The fourth-order valence-corrected chi connectivity index (χ4v) is 4.45. The zero-order valence-electron chi connectivity index (χ0n) is 20.2. The molecule has 1 aromatic carbocycles. The Morgan fingerprint density at radius 2 is 2.12 bits per heavy atom. The number of Topliss-reactive ketones (excluding diaryl/α,β-unsaturated/α-hetero) is 1. The predicted octanol–water partition coefficient (Wildman–Crippen LogP) is 4.25. The van der Waals surface area contributed by atoms with Gasteiger partial charge in [-0.15, -0.1) is 0 Å². The topological polar surface area (TPSA) is 91.6 Å². The van der Waals surface area contributed by atoms with Crippen molar-refractivity contribution in [1.82, 2.24) is 19.9 Å². The molecule has 178 valence electrons. The maximum Gasteiger partial charge on any atom is 0.177 e. The highest BCUT2D eigenvalue weighted by molar-refractivity contribution is 5.98. The first kappa shape index (κ1) is 22.7. The van der Waals surface area contributed by atoms with Crippen molar-refractivity contribution in [3.8, 4) is 11.3 Å². The lowest BCUT2D eigenvalue weighted by Gasteiger charge is -2.20. The summed E-state index contributed by atoms with van der Waals surface area (Å²) >= 11 is 0. The van der Waals surface area contributed by atoms with Crippen molar-refractivity contribution in [3.63, 3.8) is 0 Å². The maximum atomic E-state index is 12.7. The smallest absolute Gasteiger partial charge is 0.177 e. The van der Waals surface area contributed by atoms with E-state index in [1.54, 1.807) is 13.8 Å². The van der Waals surface area contributed by atoms with E-state index in [0.29, 0.717) is 24.5 Å². The number of hydrogen-bond acceptors (Lipinski definition) is 6.